The van der Waals surface area contributed by atoms with E-state index in [4.69, 9.17) is 6.42 Å². The number of anilines is 1. The van der Waals surface area contributed by atoms with Crippen molar-refractivity contribution in [2.45, 2.75) is 27.2 Å². The highest BCUT2D eigenvalue weighted by atomic mass is 19.2. The molecule has 0 aliphatic heterocycles. The number of benzene rings is 1. The summed E-state index contributed by atoms with van der Waals surface area (Å²) >= 11 is 0. The van der Waals surface area contributed by atoms with Gasteiger partial charge in [0.1, 0.15) is 0 Å². The maximum absolute atomic E-state index is 15.0. The van der Waals surface area contributed by atoms with E-state index in [1.54, 1.807) is 6.20 Å². The molecule has 2 aromatic rings. The fraction of sp³-hybridized carbons (Fsp3) is 0.304. The molecular weight excluding hydrogens is 337 g/mol. The predicted molar refractivity (Wildman–Crippen MR) is 114 cm³/mol. The predicted octanol–water partition coefficient (Wildman–Crippen LogP) is 5.64. The second kappa shape index (κ2) is 9.68. The van der Waals surface area contributed by atoms with E-state index in [9.17, 15) is 0 Å². The summed E-state index contributed by atoms with van der Waals surface area (Å²) in [7, 11) is 0. The Labute approximate surface area is 161 Å². The minimum Gasteiger partial charge on any atom is -0.365 e. The van der Waals surface area contributed by atoms with Gasteiger partial charge in [0.25, 0.3) is 0 Å². The van der Waals surface area contributed by atoms with Crippen LogP contribution in [0, 0.1) is 31.1 Å². The van der Waals surface area contributed by atoms with Crippen molar-refractivity contribution in [1.82, 2.24) is 10.3 Å². The lowest BCUT2D eigenvalue weighted by atomic mass is 9.93. The Bertz CT molecular complexity index is 869. The summed E-state index contributed by atoms with van der Waals surface area (Å²) in [4.78, 5) is 3.18. The fourth-order valence-corrected chi connectivity index (χ4v) is 3.04. The van der Waals surface area contributed by atoms with Gasteiger partial charge < -0.3 is 10.3 Å². The highest BCUT2D eigenvalue weighted by Crippen LogP contribution is 2.28. The van der Waals surface area contributed by atoms with Gasteiger partial charge in [-0.1, -0.05) is 30.1 Å². The molecule has 0 aliphatic rings. The molecule has 0 saturated heterocycles. The SMILES string of the molecule is C#CC(C)CC(CN(F)c1cc(C)c2[nH]ccc2c1)C(=C)N/C=C\C=C/C. The van der Waals surface area contributed by atoms with Gasteiger partial charge in [0.2, 0.25) is 0 Å². The molecule has 2 rings (SSSR count). The van der Waals surface area contributed by atoms with Crippen LogP contribution in [-0.4, -0.2) is 11.5 Å². The van der Waals surface area contributed by atoms with E-state index in [2.05, 4.69) is 22.8 Å². The molecule has 27 heavy (non-hydrogen) atoms. The van der Waals surface area contributed by atoms with Gasteiger partial charge in [-0.25, -0.2) is 5.12 Å². The van der Waals surface area contributed by atoms with Crippen LogP contribution >= 0.6 is 0 Å². The first-order chi connectivity index (χ1) is 13.0. The number of allylic oxidation sites excluding steroid dienone is 3. The molecule has 0 saturated carbocycles. The third-order valence-corrected chi connectivity index (χ3v) is 4.59. The van der Waals surface area contributed by atoms with Crippen LogP contribution in [0.15, 0.2) is 61.1 Å². The second-order valence-electron chi connectivity index (χ2n) is 6.80. The van der Waals surface area contributed by atoms with Crippen LogP contribution in [0.4, 0.5) is 10.2 Å². The van der Waals surface area contributed by atoms with Gasteiger partial charge in [-0.05, 0) is 50.1 Å². The third-order valence-electron chi connectivity index (χ3n) is 4.59. The molecular formula is C23H28FN3. The number of H-pyrrole nitrogens is 1. The lowest BCUT2D eigenvalue weighted by Crippen LogP contribution is -2.28. The summed E-state index contributed by atoms with van der Waals surface area (Å²) in [5, 5.41) is 4.93. The number of halogens is 1. The molecule has 2 N–H and O–H groups in total. The first kappa shape index (κ1) is 20.4. The number of hydrogen-bond donors (Lipinski definition) is 2. The van der Waals surface area contributed by atoms with Crippen LogP contribution in [0.5, 0.6) is 0 Å². The Balaban J connectivity index is 2.16. The van der Waals surface area contributed by atoms with Crippen LogP contribution in [0.1, 0.15) is 25.8 Å². The Morgan fingerprint density at radius 3 is 2.93 bits per heavy atom. The molecule has 3 nitrogen and oxygen atoms in total. The highest BCUT2D eigenvalue weighted by molar-refractivity contribution is 5.86. The molecule has 4 heteroatoms. The minimum atomic E-state index is -0.126. The number of aromatic nitrogens is 1. The number of nitrogens with one attached hydrogen (secondary N) is 2. The molecule has 1 aromatic heterocycles. The van der Waals surface area contributed by atoms with Crippen molar-refractivity contribution < 1.29 is 4.48 Å². The number of hydrogen-bond acceptors (Lipinski definition) is 2. The molecule has 0 spiro atoms. The minimum absolute atomic E-state index is 0.0374. The average Bonchev–Trinajstić information content (AvgIpc) is 3.13. The van der Waals surface area contributed by atoms with Crippen molar-refractivity contribution in [3.05, 3.63) is 66.7 Å². The van der Waals surface area contributed by atoms with E-state index in [0.717, 1.165) is 27.3 Å². The van der Waals surface area contributed by atoms with Crippen LogP contribution in [-0.2, 0) is 0 Å². The third kappa shape index (κ3) is 5.52. The number of fused-ring (bicyclic) bond motifs is 1. The van der Waals surface area contributed by atoms with Gasteiger partial charge in [0.15, 0.2) is 0 Å². The maximum atomic E-state index is 15.0. The van der Waals surface area contributed by atoms with Gasteiger partial charge >= 0.3 is 0 Å². The zero-order chi connectivity index (χ0) is 19.8. The molecule has 1 aromatic carbocycles. The van der Waals surface area contributed by atoms with E-state index in [1.807, 2.05) is 63.4 Å². The summed E-state index contributed by atoms with van der Waals surface area (Å²) in [6.45, 7) is 10.2. The van der Waals surface area contributed by atoms with Crippen LogP contribution in [0.25, 0.3) is 10.9 Å². The zero-order valence-electron chi connectivity index (χ0n) is 16.3. The maximum Gasteiger partial charge on any atom is 0.0698 e. The van der Waals surface area contributed by atoms with E-state index in [-0.39, 0.29) is 18.4 Å². The van der Waals surface area contributed by atoms with Crippen molar-refractivity contribution >= 4 is 16.6 Å². The van der Waals surface area contributed by atoms with Gasteiger partial charge in [-0.15, -0.1) is 12.3 Å². The van der Waals surface area contributed by atoms with Crippen LogP contribution in [0.2, 0.25) is 0 Å². The van der Waals surface area contributed by atoms with E-state index in [0.29, 0.717) is 12.1 Å². The standard InChI is InChI=1S/C23H28FN3/c1-6-8-9-11-25-19(5)21(13-17(3)7-2)16-27(24)22-14-18(4)23-20(15-22)10-12-26-23/h2,6,8-12,14-15,17,21,25-26H,5,13,16H2,1,3-4H3/b8-6-,11-9-. The van der Waals surface area contributed by atoms with Crippen LogP contribution < -0.4 is 10.4 Å². The Morgan fingerprint density at radius 2 is 2.22 bits per heavy atom. The first-order valence-electron chi connectivity index (χ1n) is 9.16. The van der Waals surface area contributed by atoms with Crippen molar-refractivity contribution in [2.24, 2.45) is 11.8 Å². The van der Waals surface area contributed by atoms with Crippen molar-refractivity contribution in [1.29, 1.82) is 0 Å². The highest BCUT2D eigenvalue weighted by Gasteiger charge is 2.20. The fourth-order valence-electron chi connectivity index (χ4n) is 3.04. The molecule has 0 amide bonds. The number of rotatable bonds is 9. The second-order valence-corrected chi connectivity index (χ2v) is 6.80. The monoisotopic (exact) mass is 365 g/mol. The van der Waals surface area contributed by atoms with Crippen molar-refractivity contribution in [3.63, 3.8) is 0 Å². The lowest BCUT2D eigenvalue weighted by molar-refractivity contribution is 0.370. The molecule has 0 aliphatic carbocycles. The quantitative estimate of drug-likeness (QED) is 0.342. The van der Waals surface area contributed by atoms with E-state index < -0.39 is 0 Å². The summed E-state index contributed by atoms with van der Waals surface area (Å²) in [5.41, 5.74) is 3.33. The zero-order valence-corrected chi connectivity index (χ0v) is 16.3. The van der Waals surface area contributed by atoms with Crippen molar-refractivity contribution in [2.75, 3.05) is 11.7 Å². The van der Waals surface area contributed by atoms with E-state index in [1.165, 1.54) is 0 Å². The van der Waals surface area contributed by atoms with Crippen LogP contribution in [0.3, 0.4) is 0 Å². The van der Waals surface area contributed by atoms with Gasteiger partial charge in [-0.2, -0.15) is 0 Å². The summed E-state index contributed by atoms with van der Waals surface area (Å²) in [5.74, 6) is 2.64. The molecule has 1 heterocycles. The number of aromatic amines is 1. The van der Waals surface area contributed by atoms with Crippen molar-refractivity contribution in [3.8, 4) is 12.3 Å². The Hall–Kier alpha value is -2.93. The van der Waals surface area contributed by atoms with Gasteiger partial charge in [0.05, 0.1) is 12.2 Å². The summed E-state index contributed by atoms with van der Waals surface area (Å²) in [6.07, 6.45) is 15.6. The molecule has 0 radical (unpaired) electrons. The van der Waals surface area contributed by atoms with E-state index >= 15 is 4.48 Å². The molecule has 142 valence electrons. The van der Waals surface area contributed by atoms with Gasteiger partial charge in [0, 0.05) is 40.8 Å². The number of terminal acetylenes is 1. The summed E-state index contributed by atoms with van der Waals surface area (Å²) < 4.78 is 15.0. The Kier molecular flexibility index (Phi) is 7.31. The lowest BCUT2D eigenvalue weighted by Gasteiger charge is -2.25. The van der Waals surface area contributed by atoms with Gasteiger partial charge in [-0.3, -0.25) is 0 Å². The number of aryl methyl sites for hydroxylation is 1. The smallest absolute Gasteiger partial charge is 0.0698 e. The molecule has 2 unspecified atom stereocenters. The number of nitrogens with zero attached hydrogens (tertiary/aromatic N) is 1. The average molecular weight is 365 g/mol. The largest absolute Gasteiger partial charge is 0.365 e. The topological polar surface area (TPSA) is 31.1 Å². The normalized spacial score (nSPS) is 13.7. The molecule has 0 fully saturated rings. The first-order valence-corrected chi connectivity index (χ1v) is 9.16. The Morgan fingerprint density at radius 1 is 1.44 bits per heavy atom. The summed E-state index contributed by atoms with van der Waals surface area (Å²) in [6, 6.07) is 5.65. The molecule has 2 atom stereocenters. The molecule has 0 bridgehead atoms.